The third-order valence-corrected chi connectivity index (χ3v) is 5.20. The van der Waals surface area contributed by atoms with Crippen LogP contribution in [0.2, 0.25) is 0 Å². The van der Waals surface area contributed by atoms with E-state index in [9.17, 15) is 14.4 Å². The van der Waals surface area contributed by atoms with E-state index in [2.05, 4.69) is 5.32 Å². The van der Waals surface area contributed by atoms with Crippen LogP contribution in [0.1, 0.15) is 26.2 Å². The predicted molar refractivity (Wildman–Crippen MR) is 96.7 cm³/mol. The number of anilines is 1. The lowest BCUT2D eigenvalue weighted by atomic mass is 9.93. The van der Waals surface area contributed by atoms with Crippen LogP contribution in [0.4, 0.5) is 5.69 Å². The van der Waals surface area contributed by atoms with E-state index >= 15 is 0 Å². The average molecular weight is 359 g/mol. The molecule has 7 heteroatoms. The quantitative estimate of drug-likeness (QED) is 0.864. The zero-order chi connectivity index (χ0) is 18.7. The highest BCUT2D eigenvalue weighted by molar-refractivity contribution is 5.90. The summed E-state index contributed by atoms with van der Waals surface area (Å²) in [5, 5.41) is 2.76. The molecule has 1 aromatic rings. The fourth-order valence-corrected chi connectivity index (χ4v) is 3.63. The zero-order valence-corrected chi connectivity index (χ0v) is 15.2. The Bertz CT molecular complexity index is 689. The van der Waals surface area contributed by atoms with Crippen LogP contribution in [0.3, 0.4) is 0 Å². The molecule has 0 radical (unpaired) electrons. The summed E-state index contributed by atoms with van der Waals surface area (Å²) in [6.07, 6.45) is 1.77. The molecule has 2 heterocycles. The van der Waals surface area contributed by atoms with Gasteiger partial charge < -0.3 is 19.9 Å². The number of carbonyl (C=O) groups is 3. The molecular weight excluding hydrogens is 334 g/mol. The van der Waals surface area contributed by atoms with Crippen molar-refractivity contribution in [1.29, 1.82) is 0 Å². The van der Waals surface area contributed by atoms with E-state index in [1.807, 2.05) is 11.9 Å². The summed E-state index contributed by atoms with van der Waals surface area (Å²) in [5.74, 6) is 0.869. The van der Waals surface area contributed by atoms with Crippen molar-refractivity contribution in [2.75, 3.05) is 32.1 Å². The number of nitrogens with zero attached hydrogens (tertiary/aromatic N) is 2. The molecule has 2 aliphatic rings. The van der Waals surface area contributed by atoms with Crippen LogP contribution in [-0.2, 0) is 14.4 Å². The number of rotatable bonds is 5. The van der Waals surface area contributed by atoms with Crippen LogP contribution < -0.4 is 10.1 Å². The van der Waals surface area contributed by atoms with Gasteiger partial charge in [-0.1, -0.05) is 6.92 Å². The van der Waals surface area contributed by atoms with Gasteiger partial charge in [-0.05, 0) is 30.7 Å². The number of hydrogen-bond donors (Lipinski definition) is 1. The number of likely N-dealkylation sites (tertiary alicyclic amines) is 2. The Hall–Kier alpha value is -2.57. The predicted octanol–water partition coefficient (Wildman–Crippen LogP) is 1.49. The van der Waals surface area contributed by atoms with Crippen LogP contribution in [0.5, 0.6) is 5.75 Å². The van der Waals surface area contributed by atoms with Gasteiger partial charge in [0.05, 0.1) is 0 Å². The first-order chi connectivity index (χ1) is 12.5. The molecule has 0 bridgehead atoms. The topological polar surface area (TPSA) is 79.0 Å². The van der Waals surface area contributed by atoms with Crippen molar-refractivity contribution >= 4 is 23.4 Å². The zero-order valence-electron chi connectivity index (χ0n) is 15.2. The molecule has 0 aromatic heterocycles. The molecule has 2 saturated heterocycles. The first-order valence-corrected chi connectivity index (χ1v) is 9.04. The summed E-state index contributed by atoms with van der Waals surface area (Å²) < 4.78 is 5.58. The highest BCUT2D eigenvalue weighted by atomic mass is 16.5. The fourth-order valence-electron chi connectivity index (χ4n) is 3.63. The first kappa shape index (κ1) is 18.2. The normalized spacial score (nSPS) is 22.2. The maximum absolute atomic E-state index is 12.4. The lowest BCUT2D eigenvalue weighted by molar-refractivity contribution is -0.135. The summed E-state index contributed by atoms with van der Waals surface area (Å²) in [6.45, 7) is 3.04. The Morgan fingerprint density at radius 3 is 2.69 bits per heavy atom. The summed E-state index contributed by atoms with van der Waals surface area (Å²) >= 11 is 0. The van der Waals surface area contributed by atoms with E-state index in [0.717, 1.165) is 6.42 Å². The number of amides is 3. The minimum Gasteiger partial charge on any atom is -0.484 e. The molecule has 1 N–H and O–H groups in total. The number of ether oxygens (including phenoxy) is 1. The number of carbonyl (C=O) groups excluding carboxylic acids is 3. The largest absolute Gasteiger partial charge is 0.484 e. The van der Waals surface area contributed by atoms with Crippen molar-refractivity contribution in [3.05, 3.63) is 24.3 Å². The molecule has 140 valence electrons. The Labute approximate surface area is 153 Å². The second-order valence-electron chi connectivity index (χ2n) is 6.88. The third kappa shape index (κ3) is 3.98. The molecule has 2 fully saturated rings. The number of benzene rings is 1. The lowest BCUT2D eigenvalue weighted by Gasteiger charge is -2.36. The molecule has 0 unspecified atom stereocenters. The molecule has 3 amide bonds. The molecule has 0 saturated carbocycles. The van der Waals surface area contributed by atoms with Crippen molar-refractivity contribution in [2.24, 2.45) is 5.92 Å². The van der Waals surface area contributed by atoms with Crippen molar-refractivity contribution in [3.63, 3.8) is 0 Å². The van der Waals surface area contributed by atoms with Gasteiger partial charge in [-0.25, -0.2) is 0 Å². The maximum atomic E-state index is 12.4. The van der Waals surface area contributed by atoms with E-state index in [0.29, 0.717) is 37.4 Å². The van der Waals surface area contributed by atoms with E-state index in [4.69, 9.17) is 4.74 Å². The standard InChI is InChI=1S/C19H25N3O4/c1-3-17(23)20-14-4-6-15(7-5-14)26-12-19(25)22-9-8-16-13(11-22)10-18(24)21(16)2/h4-7,13,16H,3,8-12H2,1-2H3,(H,20,23)/t13-,16+/m1/s1. The van der Waals surface area contributed by atoms with Crippen LogP contribution in [0.15, 0.2) is 24.3 Å². The molecule has 7 nitrogen and oxygen atoms in total. The van der Waals surface area contributed by atoms with Crippen molar-refractivity contribution < 1.29 is 19.1 Å². The molecule has 0 spiro atoms. The van der Waals surface area contributed by atoms with Crippen LogP contribution in [0, 0.1) is 5.92 Å². The van der Waals surface area contributed by atoms with Crippen molar-refractivity contribution in [3.8, 4) is 5.75 Å². The lowest BCUT2D eigenvalue weighted by Crippen LogP contribution is -2.48. The Balaban J connectivity index is 1.48. The average Bonchev–Trinajstić information content (AvgIpc) is 2.94. The van der Waals surface area contributed by atoms with E-state index < -0.39 is 0 Å². The number of fused-ring (bicyclic) bond motifs is 1. The van der Waals surface area contributed by atoms with Gasteiger partial charge in [-0.2, -0.15) is 0 Å². The summed E-state index contributed by atoms with van der Waals surface area (Å²) in [6, 6.07) is 7.22. The second-order valence-corrected chi connectivity index (χ2v) is 6.88. The van der Waals surface area contributed by atoms with Crippen molar-refractivity contribution in [1.82, 2.24) is 9.80 Å². The minimum atomic E-state index is -0.0613. The Morgan fingerprint density at radius 1 is 1.27 bits per heavy atom. The van der Waals surface area contributed by atoms with Crippen LogP contribution in [-0.4, -0.2) is 60.3 Å². The highest BCUT2D eigenvalue weighted by Gasteiger charge is 2.41. The van der Waals surface area contributed by atoms with Gasteiger partial charge in [0.2, 0.25) is 11.8 Å². The van der Waals surface area contributed by atoms with E-state index in [1.54, 1.807) is 36.1 Å². The monoisotopic (exact) mass is 359 g/mol. The first-order valence-electron chi connectivity index (χ1n) is 9.04. The number of nitrogens with one attached hydrogen (secondary N) is 1. The van der Waals surface area contributed by atoms with Gasteiger partial charge in [0.1, 0.15) is 5.75 Å². The van der Waals surface area contributed by atoms with Crippen molar-refractivity contribution in [2.45, 2.75) is 32.2 Å². The van der Waals surface area contributed by atoms with Gasteiger partial charge in [0, 0.05) is 50.6 Å². The Kier molecular flexibility index (Phi) is 5.44. The minimum absolute atomic E-state index is 0.0260. The smallest absolute Gasteiger partial charge is 0.260 e. The van der Waals surface area contributed by atoms with Gasteiger partial charge in [-0.15, -0.1) is 0 Å². The highest BCUT2D eigenvalue weighted by Crippen LogP contribution is 2.31. The molecule has 3 rings (SSSR count). The molecule has 2 atom stereocenters. The van der Waals surface area contributed by atoms with Crippen LogP contribution in [0.25, 0.3) is 0 Å². The summed E-state index contributed by atoms with van der Waals surface area (Å²) in [4.78, 5) is 39.2. The van der Waals surface area contributed by atoms with Gasteiger partial charge in [0.25, 0.3) is 5.91 Å². The van der Waals surface area contributed by atoms with Gasteiger partial charge in [0.15, 0.2) is 6.61 Å². The fraction of sp³-hybridized carbons (Fsp3) is 0.526. The molecule has 0 aliphatic carbocycles. The maximum Gasteiger partial charge on any atom is 0.260 e. The van der Waals surface area contributed by atoms with E-state index in [1.165, 1.54) is 0 Å². The van der Waals surface area contributed by atoms with Gasteiger partial charge >= 0.3 is 0 Å². The number of piperidine rings is 1. The summed E-state index contributed by atoms with van der Waals surface area (Å²) in [7, 11) is 1.85. The van der Waals surface area contributed by atoms with E-state index in [-0.39, 0.29) is 36.3 Å². The molecule has 1 aromatic carbocycles. The summed E-state index contributed by atoms with van der Waals surface area (Å²) in [5.41, 5.74) is 0.701. The number of hydrogen-bond acceptors (Lipinski definition) is 4. The third-order valence-electron chi connectivity index (χ3n) is 5.20. The second kappa shape index (κ2) is 7.76. The molecular formula is C19H25N3O4. The van der Waals surface area contributed by atoms with Crippen LogP contribution >= 0.6 is 0 Å². The molecule has 26 heavy (non-hydrogen) atoms. The molecule has 2 aliphatic heterocycles. The van der Waals surface area contributed by atoms with Gasteiger partial charge in [-0.3, -0.25) is 14.4 Å². The SMILES string of the molecule is CCC(=O)Nc1ccc(OCC(=O)N2CC[C@H]3[C@H](CC(=O)N3C)C2)cc1. The Morgan fingerprint density at radius 2 is 2.00 bits per heavy atom.